The second-order valence-corrected chi connectivity index (χ2v) is 4.04. The van der Waals surface area contributed by atoms with Gasteiger partial charge < -0.3 is 15.1 Å². The van der Waals surface area contributed by atoms with Crippen LogP contribution >= 0.6 is 0 Å². The fourth-order valence-electron chi connectivity index (χ4n) is 1.97. The van der Waals surface area contributed by atoms with Gasteiger partial charge in [-0.2, -0.15) is 0 Å². The van der Waals surface area contributed by atoms with Crippen molar-refractivity contribution in [2.24, 2.45) is 0 Å². The lowest BCUT2D eigenvalue weighted by Crippen LogP contribution is -2.52. The zero-order valence-electron chi connectivity index (χ0n) is 8.83. The van der Waals surface area contributed by atoms with Gasteiger partial charge in [-0.3, -0.25) is 0 Å². The van der Waals surface area contributed by atoms with Crippen LogP contribution in [-0.4, -0.2) is 54.6 Å². The summed E-state index contributed by atoms with van der Waals surface area (Å²) < 4.78 is 0. The first-order valence-corrected chi connectivity index (χ1v) is 5.59. The summed E-state index contributed by atoms with van der Waals surface area (Å²) in [6.45, 7) is 6.53. The lowest BCUT2D eigenvalue weighted by atomic mass is 10.3. The molecule has 0 aromatic heterocycles. The van der Waals surface area contributed by atoms with E-state index in [-0.39, 0.29) is 6.03 Å². The van der Waals surface area contributed by atoms with Crippen molar-refractivity contribution in [1.82, 2.24) is 15.1 Å². The molecule has 0 atom stereocenters. The van der Waals surface area contributed by atoms with Gasteiger partial charge in [-0.25, -0.2) is 4.79 Å². The van der Waals surface area contributed by atoms with Crippen LogP contribution in [0.4, 0.5) is 4.79 Å². The van der Waals surface area contributed by atoms with E-state index in [1.807, 2.05) is 9.80 Å². The highest BCUT2D eigenvalue weighted by atomic mass is 16.2. The maximum atomic E-state index is 12.0. The summed E-state index contributed by atoms with van der Waals surface area (Å²) in [6, 6.07) is 0.791. The molecule has 0 bridgehead atoms. The molecule has 0 aromatic carbocycles. The molecule has 0 aromatic rings. The smallest absolute Gasteiger partial charge is 0.320 e. The third-order valence-electron chi connectivity index (χ3n) is 2.96. The highest BCUT2D eigenvalue weighted by Gasteiger charge is 2.33. The first-order chi connectivity index (χ1) is 6.83. The Balaban J connectivity index is 1.90. The molecule has 1 aliphatic carbocycles. The van der Waals surface area contributed by atoms with Crippen molar-refractivity contribution in [3.63, 3.8) is 0 Å². The number of piperazine rings is 1. The van der Waals surface area contributed by atoms with Gasteiger partial charge in [0.2, 0.25) is 0 Å². The van der Waals surface area contributed by atoms with Gasteiger partial charge in [0.25, 0.3) is 0 Å². The van der Waals surface area contributed by atoms with Crippen LogP contribution in [0.1, 0.15) is 19.8 Å². The van der Waals surface area contributed by atoms with E-state index >= 15 is 0 Å². The molecule has 0 radical (unpaired) electrons. The molecular weight excluding hydrogens is 178 g/mol. The molecule has 0 spiro atoms. The van der Waals surface area contributed by atoms with E-state index in [2.05, 4.69) is 12.2 Å². The average molecular weight is 197 g/mol. The molecule has 4 nitrogen and oxygen atoms in total. The summed E-state index contributed by atoms with van der Waals surface area (Å²) in [5, 5.41) is 3.26. The molecule has 1 saturated carbocycles. The molecule has 1 aliphatic heterocycles. The minimum Gasteiger partial charge on any atom is -0.322 e. The molecule has 1 saturated heterocycles. The lowest BCUT2D eigenvalue weighted by molar-refractivity contribution is 0.146. The molecule has 2 rings (SSSR count). The van der Waals surface area contributed by atoms with Gasteiger partial charge in [0.15, 0.2) is 0 Å². The molecule has 0 unspecified atom stereocenters. The summed E-state index contributed by atoms with van der Waals surface area (Å²) in [6.07, 6.45) is 2.40. The van der Waals surface area contributed by atoms with E-state index in [4.69, 9.17) is 0 Å². The zero-order valence-corrected chi connectivity index (χ0v) is 8.83. The Morgan fingerprint density at radius 3 is 2.57 bits per heavy atom. The summed E-state index contributed by atoms with van der Waals surface area (Å²) in [4.78, 5) is 16.0. The Bertz CT molecular complexity index is 209. The Kier molecular flexibility index (Phi) is 2.91. The van der Waals surface area contributed by atoms with Gasteiger partial charge >= 0.3 is 6.03 Å². The quantitative estimate of drug-likeness (QED) is 0.699. The van der Waals surface area contributed by atoms with Crippen molar-refractivity contribution in [3.05, 3.63) is 0 Å². The molecule has 4 heteroatoms. The van der Waals surface area contributed by atoms with Crippen LogP contribution < -0.4 is 5.32 Å². The summed E-state index contributed by atoms with van der Waals surface area (Å²) in [7, 11) is 0. The Morgan fingerprint density at radius 2 is 2.07 bits per heavy atom. The Morgan fingerprint density at radius 1 is 1.43 bits per heavy atom. The van der Waals surface area contributed by atoms with E-state index in [1.54, 1.807) is 0 Å². The number of urea groups is 1. The summed E-state index contributed by atoms with van der Waals surface area (Å²) in [5.41, 5.74) is 0. The van der Waals surface area contributed by atoms with Crippen LogP contribution in [-0.2, 0) is 0 Å². The van der Waals surface area contributed by atoms with Gasteiger partial charge in [0, 0.05) is 38.8 Å². The van der Waals surface area contributed by atoms with Crippen LogP contribution in [0, 0.1) is 0 Å². The van der Waals surface area contributed by atoms with Crippen LogP contribution in [0.5, 0.6) is 0 Å². The standard InChI is InChI=1S/C10H19N3O/c1-2-13(9-3-4-9)10(14)12-7-5-11-6-8-12/h9,11H,2-8H2,1H3. The van der Waals surface area contributed by atoms with Crippen molar-refractivity contribution < 1.29 is 4.79 Å². The predicted octanol–water partition coefficient (Wildman–Crippen LogP) is 0.496. The van der Waals surface area contributed by atoms with Crippen LogP contribution in [0.15, 0.2) is 0 Å². The first-order valence-electron chi connectivity index (χ1n) is 5.59. The number of amides is 2. The molecule has 14 heavy (non-hydrogen) atoms. The lowest BCUT2D eigenvalue weighted by Gasteiger charge is -2.32. The van der Waals surface area contributed by atoms with Gasteiger partial charge in [-0.15, -0.1) is 0 Å². The second-order valence-electron chi connectivity index (χ2n) is 4.04. The summed E-state index contributed by atoms with van der Waals surface area (Å²) >= 11 is 0. The van der Waals surface area contributed by atoms with Crippen molar-refractivity contribution in [3.8, 4) is 0 Å². The number of hydrogen-bond acceptors (Lipinski definition) is 2. The molecule has 2 amide bonds. The number of carbonyl (C=O) groups is 1. The predicted molar refractivity (Wildman–Crippen MR) is 55.2 cm³/mol. The van der Waals surface area contributed by atoms with Gasteiger partial charge in [-0.1, -0.05) is 0 Å². The van der Waals surface area contributed by atoms with E-state index in [0.717, 1.165) is 32.7 Å². The topological polar surface area (TPSA) is 35.6 Å². The Hall–Kier alpha value is -0.770. The van der Waals surface area contributed by atoms with E-state index in [1.165, 1.54) is 12.8 Å². The second kappa shape index (κ2) is 4.17. The third kappa shape index (κ3) is 2.00. The summed E-state index contributed by atoms with van der Waals surface area (Å²) in [5.74, 6) is 0. The van der Waals surface area contributed by atoms with Crippen molar-refractivity contribution in [2.75, 3.05) is 32.7 Å². The van der Waals surface area contributed by atoms with Crippen molar-refractivity contribution in [2.45, 2.75) is 25.8 Å². The largest absolute Gasteiger partial charge is 0.322 e. The number of nitrogens with one attached hydrogen (secondary N) is 1. The fraction of sp³-hybridized carbons (Fsp3) is 0.900. The Labute approximate surface area is 85.2 Å². The SMILES string of the molecule is CCN(C(=O)N1CCNCC1)C1CC1. The van der Waals surface area contributed by atoms with E-state index < -0.39 is 0 Å². The van der Waals surface area contributed by atoms with Crippen LogP contribution in [0.2, 0.25) is 0 Å². The van der Waals surface area contributed by atoms with E-state index in [9.17, 15) is 4.79 Å². The minimum absolute atomic E-state index is 0.247. The highest BCUT2D eigenvalue weighted by Crippen LogP contribution is 2.27. The normalized spacial score (nSPS) is 22.2. The van der Waals surface area contributed by atoms with Crippen LogP contribution in [0.25, 0.3) is 0 Å². The highest BCUT2D eigenvalue weighted by molar-refractivity contribution is 5.75. The van der Waals surface area contributed by atoms with Crippen molar-refractivity contribution >= 4 is 6.03 Å². The maximum absolute atomic E-state index is 12.0. The number of hydrogen-bond donors (Lipinski definition) is 1. The monoisotopic (exact) mass is 197 g/mol. The molecule has 1 heterocycles. The third-order valence-corrected chi connectivity index (χ3v) is 2.96. The van der Waals surface area contributed by atoms with E-state index in [0.29, 0.717) is 6.04 Å². The van der Waals surface area contributed by atoms with Crippen molar-refractivity contribution in [1.29, 1.82) is 0 Å². The zero-order chi connectivity index (χ0) is 9.97. The number of carbonyl (C=O) groups excluding carboxylic acids is 1. The fourth-order valence-corrected chi connectivity index (χ4v) is 1.97. The van der Waals surface area contributed by atoms with Gasteiger partial charge in [-0.05, 0) is 19.8 Å². The molecule has 1 N–H and O–H groups in total. The molecular formula is C10H19N3O. The number of rotatable bonds is 2. The van der Waals surface area contributed by atoms with Gasteiger partial charge in [0.1, 0.15) is 0 Å². The molecule has 80 valence electrons. The minimum atomic E-state index is 0.247. The first kappa shape index (κ1) is 9.77. The number of nitrogens with zero attached hydrogens (tertiary/aromatic N) is 2. The van der Waals surface area contributed by atoms with Gasteiger partial charge in [0.05, 0.1) is 0 Å². The maximum Gasteiger partial charge on any atom is 0.320 e. The molecule has 2 fully saturated rings. The molecule has 2 aliphatic rings. The average Bonchev–Trinajstić information content (AvgIpc) is 3.04. The van der Waals surface area contributed by atoms with Crippen LogP contribution in [0.3, 0.4) is 0 Å².